The van der Waals surface area contributed by atoms with E-state index in [9.17, 15) is 4.79 Å². The third-order valence-electron chi connectivity index (χ3n) is 8.24. The number of nitrogens with zero attached hydrogens (tertiary/aromatic N) is 6. The molecule has 2 aliphatic rings. The van der Waals surface area contributed by atoms with E-state index in [0.717, 1.165) is 60.5 Å². The van der Waals surface area contributed by atoms with Crippen LogP contribution in [0.1, 0.15) is 31.4 Å². The highest BCUT2D eigenvalue weighted by Gasteiger charge is 2.44. The van der Waals surface area contributed by atoms with Gasteiger partial charge in [-0.05, 0) is 57.1 Å². The van der Waals surface area contributed by atoms with E-state index < -0.39 is 0 Å². The van der Waals surface area contributed by atoms with Crippen molar-refractivity contribution in [3.8, 4) is 17.0 Å². The smallest absolute Gasteiger partial charge is 0.236 e. The maximum Gasteiger partial charge on any atom is 0.236 e. The molecule has 6 rings (SSSR count). The monoisotopic (exact) mass is 579 g/mol. The van der Waals surface area contributed by atoms with Crippen LogP contribution in [0.2, 0.25) is 10.0 Å². The minimum absolute atomic E-state index is 0.0974. The Morgan fingerprint density at radius 3 is 2.50 bits per heavy atom. The molecule has 9 nitrogen and oxygen atoms in total. The van der Waals surface area contributed by atoms with E-state index in [1.165, 1.54) is 0 Å². The second-order valence-corrected chi connectivity index (χ2v) is 11.6. The molecule has 208 valence electrons. The van der Waals surface area contributed by atoms with E-state index in [4.69, 9.17) is 32.9 Å². The molecule has 3 aromatic heterocycles. The number of carbonyl (C=O) groups is 1. The number of pyridine rings is 2. The van der Waals surface area contributed by atoms with Crippen LogP contribution in [0.4, 0.5) is 5.82 Å². The highest BCUT2D eigenvalue weighted by Crippen LogP contribution is 2.36. The fraction of sp³-hybridized carbons (Fsp3) is 0.379. The zero-order valence-corrected chi connectivity index (χ0v) is 24.2. The highest BCUT2D eigenvalue weighted by atomic mass is 35.5. The summed E-state index contributed by atoms with van der Waals surface area (Å²) in [5, 5.41) is 9.54. The van der Waals surface area contributed by atoms with Crippen LogP contribution in [0.15, 0.2) is 48.9 Å². The van der Waals surface area contributed by atoms with Gasteiger partial charge in [-0.2, -0.15) is 5.10 Å². The van der Waals surface area contributed by atoms with Crippen molar-refractivity contribution in [1.82, 2.24) is 30.0 Å². The number of fused-ring (bicyclic) bond motifs is 1. The standard InChI is InChI=1S/C29H31Cl2N7O2/c1-18(27-22(30)14-32-15-23(27)31)40-20-5-6-24-21(12-20)28(35-34-24)19-4-7-25(33-13-19)38-10-8-29(9-11-38)17-36(2)16-26(39)37(29)3/h4-7,12-15,18H,8-11,16-17H2,1-3H3,(H,34,35). The summed E-state index contributed by atoms with van der Waals surface area (Å²) < 4.78 is 6.21. The molecule has 1 N–H and O–H groups in total. The summed E-state index contributed by atoms with van der Waals surface area (Å²) in [5.41, 5.74) is 3.21. The number of benzene rings is 1. The fourth-order valence-electron chi connectivity index (χ4n) is 5.98. The van der Waals surface area contributed by atoms with Gasteiger partial charge in [-0.25, -0.2) is 4.98 Å². The van der Waals surface area contributed by atoms with Crippen molar-refractivity contribution in [1.29, 1.82) is 0 Å². The number of hydrogen-bond acceptors (Lipinski definition) is 7. The molecule has 11 heteroatoms. The Morgan fingerprint density at radius 1 is 1.05 bits per heavy atom. The summed E-state index contributed by atoms with van der Waals surface area (Å²) in [6.45, 7) is 5.02. The van der Waals surface area contributed by atoms with E-state index in [1.807, 2.05) is 56.4 Å². The first-order valence-corrected chi connectivity index (χ1v) is 14.1. The highest BCUT2D eigenvalue weighted by molar-refractivity contribution is 6.35. The lowest BCUT2D eigenvalue weighted by Gasteiger charge is -2.52. The molecule has 0 bridgehead atoms. The van der Waals surface area contributed by atoms with Gasteiger partial charge in [0.1, 0.15) is 23.4 Å². The lowest BCUT2D eigenvalue weighted by molar-refractivity contribution is -0.144. The Morgan fingerprint density at radius 2 is 1.80 bits per heavy atom. The second-order valence-electron chi connectivity index (χ2n) is 10.8. The molecule has 40 heavy (non-hydrogen) atoms. The number of piperazine rings is 1. The molecular formula is C29H31Cl2N7O2. The quantitative estimate of drug-likeness (QED) is 0.347. The van der Waals surface area contributed by atoms with Gasteiger partial charge in [-0.3, -0.25) is 19.8 Å². The zero-order valence-electron chi connectivity index (χ0n) is 22.7. The van der Waals surface area contributed by atoms with Gasteiger partial charge < -0.3 is 14.5 Å². The molecule has 0 aliphatic carbocycles. The molecule has 0 radical (unpaired) electrons. The molecule has 1 aromatic carbocycles. The van der Waals surface area contributed by atoms with E-state index in [0.29, 0.717) is 27.9 Å². The number of anilines is 1. The Kier molecular flexibility index (Phi) is 7.06. The first-order valence-electron chi connectivity index (χ1n) is 13.3. The molecule has 4 aromatic rings. The Balaban J connectivity index is 1.18. The van der Waals surface area contributed by atoms with Crippen LogP contribution in [0.3, 0.4) is 0 Å². The number of likely N-dealkylation sites (N-methyl/N-ethyl adjacent to an activating group) is 2. The summed E-state index contributed by atoms with van der Waals surface area (Å²) in [5.74, 6) is 1.81. The summed E-state index contributed by atoms with van der Waals surface area (Å²) in [6.07, 6.45) is 6.46. The van der Waals surface area contributed by atoms with Crippen LogP contribution in [-0.4, -0.2) is 81.7 Å². The van der Waals surface area contributed by atoms with Gasteiger partial charge in [0, 0.05) is 61.8 Å². The van der Waals surface area contributed by atoms with Gasteiger partial charge in [0.25, 0.3) is 0 Å². The lowest BCUT2D eigenvalue weighted by atomic mass is 9.83. The number of amides is 1. The Labute approximate surface area is 243 Å². The number of nitrogens with one attached hydrogen (secondary N) is 1. The van der Waals surface area contributed by atoms with Gasteiger partial charge in [-0.1, -0.05) is 23.2 Å². The molecule has 1 atom stereocenters. The largest absolute Gasteiger partial charge is 0.486 e. The van der Waals surface area contributed by atoms with Crippen molar-refractivity contribution >= 4 is 45.8 Å². The molecule has 1 amide bonds. The van der Waals surface area contributed by atoms with Crippen LogP contribution < -0.4 is 9.64 Å². The van der Waals surface area contributed by atoms with E-state index >= 15 is 0 Å². The van der Waals surface area contributed by atoms with Crippen molar-refractivity contribution in [3.63, 3.8) is 0 Å². The van der Waals surface area contributed by atoms with Crippen LogP contribution in [0, 0.1) is 0 Å². The number of carbonyl (C=O) groups excluding carboxylic acids is 1. The SMILES string of the molecule is CC(Oc1ccc2[nH]nc(-c3ccc(N4CCC5(CC4)CN(C)CC(=O)N5C)nc3)c2c1)c1c(Cl)cncc1Cl. The predicted molar refractivity (Wildman–Crippen MR) is 157 cm³/mol. The average Bonchev–Trinajstić information content (AvgIpc) is 3.35. The van der Waals surface area contributed by atoms with Gasteiger partial charge in [0.2, 0.25) is 5.91 Å². The molecule has 1 unspecified atom stereocenters. The van der Waals surface area contributed by atoms with Crippen LogP contribution >= 0.6 is 23.2 Å². The number of H-pyrrole nitrogens is 1. The normalized spacial score (nSPS) is 18.5. The topological polar surface area (TPSA) is 90.5 Å². The van der Waals surface area contributed by atoms with Crippen LogP contribution in [0.5, 0.6) is 5.75 Å². The Hall–Kier alpha value is -3.40. The lowest BCUT2D eigenvalue weighted by Crippen LogP contribution is -2.65. The van der Waals surface area contributed by atoms with Gasteiger partial charge >= 0.3 is 0 Å². The van der Waals surface area contributed by atoms with Crippen molar-refractivity contribution in [3.05, 3.63) is 64.5 Å². The fourth-order valence-corrected chi connectivity index (χ4v) is 6.66. The first-order chi connectivity index (χ1) is 19.2. The van der Waals surface area contributed by atoms with Crippen LogP contribution in [-0.2, 0) is 4.79 Å². The Bertz CT molecular complexity index is 1530. The third kappa shape index (κ3) is 4.87. The number of halogens is 2. The molecule has 2 saturated heterocycles. The van der Waals surface area contributed by atoms with Gasteiger partial charge in [-0.15, -0.1) is 0 Å². The van der Waals surface area contributed by atoms with Crippen molar-refractivity contribution in [2.24, 2.45) is 0 Å². The first kappa shape index (κ1) is 26.8. The minimum Gasteiger partial charge on any atom is -0.486 e. The summed E-state index contributed by atoms with van der Waals surface area (Å²) in [4.78, 5) is 27.7. The van der Waals surface area contributed by atoms with Crippen LogP contribution in [0.25, 0.3) is 22.2 Å². The second kappa shape index (κ2) is 10.5. The van der Waals surface area contributed by atoms with Crippen molar-refractivity contribution in [2.75, 3.05) is 45.2 Å². The van der Waals surface area contributed by atoms with E-state index in [2.05, 4.69) is 31.0 Å². The number of rotatable bonds is 5. The summed E-state index contributed by atoms with van der Waals surface area (Å²) >= 11 is 12.7. The van der Waals surface area contributed by atoms with Gasteiger partial charge in [0.05, 0.1) is 27.6 Å². The van der Waals surface area contributed by atoms with E-state index in [-0.39, 0.29) is 17.6 Å². The maximum atomic E-state index is 12.5. The minimum atomic E-state index is -0.368. The number of piperidine rings is 1. The molecule has 1 spiro atoms. The third-order valence-corrected chi connectivity index (χ3v) is 8.84. The number of ether oxygens (including phenoxy) is 1. The summed E-state index contributed by atoms with van der Waals surface area (Å²) in [6, 6.07) is 9.90. The van der Waals surface area contributed by atoms with Crippen molar-refractivity contribution in [2.45, 2.75) is 31.4 Å². The average molecular weight is 581 g/mol. The number of aromatic amines is 1. The van der Waals surface area contributed by atoms with E-state index in [1.54, 1.807) is 12.4 Å². The molecule has 2 fully saturated rings. The number of aromatic nitrogens is 4. The predicted octanol–water partition coefficient (Wildman–Crippen LogP) is 5.21. The zero-order chi connectivity index (χ0) is 28.0. The molecule has 5 heterocycles. The summed E-state index contributed by atoms with van der Waals surface area (Å²) in [7, 11) is 3.98. The maximum absolute atomic E-state index is 12.5. The molecular weight excluding hydrogens is 549 g/mol. The van der Waals surface area contributed by atoms with Gasteiger partial charge in [0.15, 0.2) is 0 Å². The molecule has 2 aliphatic heterocycles. The molecule has 0 saturated carbocycles. The van der Waals surface area contributed by atoms with Crippen molar-refractivity contribution < 1.29 is 9.53 Å². The number of hydrogen-bond donors (Lipinski definition) is 1.